The Balaban J connectivity index is 2.49. The standard InChI is InChI=1S/C14H17N3O3/c1-19-6-5-13-16-11(8-14(18)17-13)10-7-9(15)3-4-12(10)20-2/h3-4,7-8H,5-6,15H2,1-2H3,(H,16,17,18). The van der Waals surface area contributed by atoms with E-state index in [1.54, 1.807) is 32.4 Å². The zero-order chi connectivity index (χ0) is 14.5. The zero-order valence-electron chi connectivity index (χ0n) is 11.5. The predicted octanol–water partition coefficient (Wildman–Crippen LogP) is 1.22. The number of hydrogen-bond donors (Lipinski definition) is 2. The number of nitrogen functional groups attached to an aromatic ring is 1. The second-order valence-corrected chi connectivity index (χ2v) is 4.28. The van der Waals surface area contributed by atoms with Crippen molar-refractivity contribution in [3.05, 3.63) is 40.4 Å². The molecule has 106 valence electrons. The van der Waals surface area contributed by atoms with Crippen LogP contribution in [0.1, 0.15) is 5.82 Å². The number of methoxy groups -OCH3 is 2. The molecule has 6 nitrogen and oxygen atoms in total. The van der Waals surface area contributed by atoms with Gasteiger partial charge in [0.05, 0.1) is 19.4 Å². The summed E-state index contributed by atoms with van der Waals surface area (Å²) in [6, 6.07) is 6.65. The van der Waals surface area contributed by atoms with E-state index in [4.69, 9.17) is 15.2 Å². The molecule has 0 aliphatic heterocycles. The van der Waals surface area contributed by atoms with Crippen LogP contribution in [0.3, 0.4) is 0 Å². The average Bonchev–Trinajstić information content (AvgIpc) is 2.44. The third kappa shape index (κ3) is 3.16. The third-order valence-electron chi connectivity index (χ3n) is 2.83. The molecule has 0 bridgehead atoms. The molecule has 0 fully saturated rings. The number of nitrogens with zero attached hydrogens (tertiary/aromatic N) is 1. The Bertz CT molecular complexity index is 652. The van der Waals surface area contributed by atoms with Gasteiger partial charge in [0.25, 0.3) is 5.56 Å². The van der Waals surface area contributed by atoms with E-state index in [0.29, 0.717) is 41.5 Å². The minimum Gasteiger partial charge on any atom is -0.496 e. The normalized spacial score (nSPS) is 10.5. The van der Waals surface area contributed by atoms with E-state index < -0.39 is 0 Å². The van der Waals surface area contributed by atoms with E-state index in [2.05, 4.69) is 9.97 Å². The molecule has 2 rings (SSSR count). The smallest absolute Gasteiger partial charge is 0.251 e. The largest absolute Gasteiger partial charge is 0.496 e. The van der Waals surface area contributed by atoms with Crippen molar-refractivity contribution in [2.24, 2.45) is 0 Å². The summed E-state index contributed by atoms with van der Waals surface area (Å²) < 4.78 is 10.3. The lowest BCUT2D eigenvalue weighted by molar-refractivity contribution is 0.200. The molecule has 0 radical (unpaired) electrons. The SMILES string of the molecule is COCCc1nc(-c2cc(N)ccc2OC)cc(=O)[nH]1. The van der Waals surface area contributed by atoms with Gasteiger partial charge in [0, 0.05) is 30.8 Å². The summed E-state index contributed by atoms with van der Waals surface area (Å²) in [5, 5.41) is 0. The van der Waals surface area contributed by atoms with Crippen LogP contribution in [-0.2, 0) is 11.2 Å². The molecule has 0 spiro atoms. The predicted molar refractivity (Wildman–Crippen MR) is 76.8 cm³/mol. The number of nitrogens with one attached hydrogen (secondary N) is 1. The lowest BCUT2D eigenvalue weighted by Crippen LogP contribution is -2.13. The first-order chi connectivity index (χ1) is 9.63. The number of benzene rings is 1. The molecular formula is C14H17N3O3. The molecule has 3 N–H and O–H groups in total. The van der Waals surface area contributed by atoms with Crippen LogP contribution in [-0.4, -0.2) is 30.8 Å². The van der Waals surface area contributed by atoms with Crippen molar-refractivity contribution >= 4 is 5.69 Å². The molecule has 0 atom stereocenters. The Hall–Kier alpha value is -2.34. The van der Waals surface area contributed by atoms with Crippen LogP contribution >= 0.6 is 0 Å². The molecule has 1 aromatic carbocycles. The molecular weight excluding hydrogens is 258 g/mol. The average molecular weight is 275 g/mol. The monoisotopic (exact) mass is 275 g/mol. The van der Waals surface area contributed by atoms with Crippen LogP contribution in [0.25, 0.3) is 11.3 Å². The van der Waals surface area contributed by atoms with E-state index in [0.717, 1.165) is 0 Å². The summed E-state index contributed by atoms with van der Waals surface area (Å²) in [6.45, 7) is 0.487. The zero-order valence-corrected chi connectivity index (χ0v) is 11.5. The van der Waals surface area contributed by atoms with Gasteiger partial charge in [-0.3, -0.25) is 4.79 Å². The Morgan fingerprint density at radius 1 is 1.30 bits per heavy atom. The van der Waals surface area contributed by atoms with Crippen LogP contribution in [0.4, 0.5) is 5.69 Å². The fraction of sp³-hybridized carbons (Fsp3) is 0.286. The Kier molecular flexibility index (Phi) is 4.37. The van der Waals surface area contributed by atoms with Crippen molar-refractivity contribution < 1.29 is 9.47 Å². The fourth-order valence-corrected chi connectivity index (χ4v) is 1.89. The summed E-state index contributed by atoms with van der Waals surface area (Å²) in [6.07, 6.45) is 0.532. The van der Waals surface area contributed by atoms with Crippen molar-refractivity contribution in [2.45, 2.75) is 6.42 Å². The molecule has 0 unspecified atom stereocenters. The topological polar surface area (TPSA) is 90.2 Å². The van der Waals surface area contributed by atoms with Crippen molar-refractivity contribution in [1.82, 2.24) is 9.97 Å². The molecule has 1 aromatic heterocycles. The van der Waals surface area contributed by atoms with Crippen LogP contribution in [0.5, 0.6) is 5.75 Å². The molecule has 1 heterocycles. The van der Waals surface area contributed by atoms with E-state index in [1.165, 1.54) is 6.07 Å². The van der Waals surface area contributed by atoms with Gasteiger partial charge in [0.15, 0.2) is 0 Å². The van der Waals surface area contributed by atoms with Crippen LogP contribution in [0.2, 0.25) is 0 Å². The van der Waals surface area contributed by atoms with E-state index in [1.807, 2.05) is 0 Å². The molecule has 2 aromatic rings. The van der Waals surface area contributed by atoms with Gasteiger partial charge in [-0.25, -0.2) is 4.98 Å². The maximum absolute atomic E-state index is 11.7. The van der Waals surface area contributed by atoms with Crippen LogP contribution in [0.15, 0.2) is 29.1 Å². The van der Waals surface area contributed by atoms with Crippen molar-refractivity contribution in [1.29, 1.82) is 0 Å². The summed E-state index contributed by atoms with van der Waals surface area (Å²) in [7, 11) is 3.16. The lowest BCUT2D eigenvalue weighted by Gasteiger charge is -2.09. The van der Waals surface area contributed by atoms with E-state index in [9.17, 15) is 4.79 Å². The number of nitrogens with two attached hydrogens (primary N) is 1. The number of ether oxygens (including phenoxy) is 2. The number of hydrogen-bond acceptors (Lipinski definition) is 5. The number of aromatic amines is 1. The molecule has 0 saturated carbocycles. The highest BCUT2D eigenvalue weighted by Gasteiger charge is 2.10. The highest BCUT2D eigenvalue weighted by Crippen LogP contribution is 2.29. The summed E-state index contributed by atoms with van der Waals surface area (Å²) >= 11 is 0. The molecule has 0 amide bonds. The van der Waals surface area contributed by atoms with Gasteiger partial charge in [0.1, 0.15) is 11.6 Å². The van der Waals surface area contributed by atoms with Gasteiger partial charge in [-0.2, -0.15) is 0 Å². The first kappa shape index (κ1) is 14.1. The van der Waals surface area contributed by atoms with Crippen molar-refractivity contribution in [2.75, 3.05) is 26.6 Å². The minimum absolute atomic E-state index is 0.217. The quantitative estimate of drug-likeness (QED) is 0.801. The van der Waals surface area contributed by atoms with Gasteiger partial charge >= 0.3 is 0 Å². The Morgan fingerprint density at radius 2 is 2.10 bits per heavy atom. The summed E-state index contributed by atoms with van der Waals surface area (Å²) in [4.78, 5) is 18.8. The van der Waals surface area contributed by atoms with E-state index in [-0.39, 0.29) is 5.56 Å². The minimum atomic E-state index is -0.217. The second-order valence-electron chi connectivity index (χ2n) is 4.28. The molecule has 20 heavy (non-hydrogen) atoms. The first-order valence-electron chi connectivity index (χ1n) is 6.17. The number of rotatable bonds is 5. The van der Waals surface area contributed by atoms with Gasteiger partial charge in [-0.15, -0.1) is 0 Å². The number of anilines is 1. The maximum atomic E-state index is 11.7. The van der Waals surface area contributed by atoms with Crippen LogP contribution < -0.4 is 16.0 Å². The highest BCUT2D eigenvalue weighted by molar-refractivity contribution is 5.71. The van der Waals surface area contributed by atoms with E-state index >= 15 is 0 Å². The molecule has 0 saturated heterocycles. The summed E-state index contributed by atoms with van der Waals surface area (Å²) in [5.74, 6) is 1.19. The first-order valence-corrected chi connectivity index (χ1v) is 6.17. The fourth-order valence-electron chi connectivity index (χ4n) is 1.89. The summed E-state index contributed by atoms with van der Waals surface area (Å²) in [5.41, 5.74) is 7.38. The highest BCUT2D eigenvalue weighted by atomic mass is 16.5. The van der Waals surface area contributed by atoms with Gasteiger partial charge in [-0.05, 0) is 18.2 Å². The van der Waals surface area contributed by atoms with Gasteiger partial charge in [0.2, 0.25) is 0 Å². The number of H-pyrrole nitrogens is 1. The molecule has 0 aliphatic carbocycles. The number of aromatic nitrogens is 2. The Labute approximate surface area is 116 Å². The van der Waals surface area contributed by atoms with Crippen molar-refractivity contribution in [3.63, 3.8) is 0 Å². The maximum Gasteiger partial charge on any atom is 0.251 e. The molecule has 6 heteroatoms. The second kappa shape index (κ2) is 6.21. The Morgan fingerprint density at radius 3 is 2.80 bits per heavy atom. The third-order valence-corrected chi connectivity index (χ3v) is 2.83. The van der Waals surface area contributed by atoms with Crippen LogP contribution in [0, 0.1) is 0 Å². The van der Waals surface area contributed by atoms with Gasteiger partial charge < -0.3 is 20.2 Å². The lowest BCUT2D eigenvalue weighted by atomic mass is 10.1. The van der Waals surface area contributed by atoms with Crippen molar-refractivity contribution in [3.8, 4) is 17.0 Å². The van der Waals surface area contributed by atoms with Gasteiger partial charge in [-0.1, -0.05) is 0 Å². The molecule has 0 aliphatic rings.